The highest BCUT2D eigenvalue weighted by atomic mass is 35.5. The van der Waals surface area contributed by atoms with Gasteiger partial charge in [0.1, 0.15) is 11.6 Å². The summed E-state index contributed by atoms with van der Waals surface area (Å²) in [6, 6.07) is 6.60. The first-order valence-corrected chi connectivity index (χ1v) is 9.63. The molecule has 3 aromatic rings. The molecule has 4 rings (SSSR count). The van der Waals surface area contributed by atoms with Crippen LogP contribution in [0.5, 0.6) is 0 Å². The first-order valence-electron chi connectivity index (χ1n) is 8.26. The molecule has 0 saturated heterocycles. The molecule has 2 heterocycles. The predicted octanol–water partition coefficient (Wildman–Crippen LogP) is 2.78. The maximum Gasteiger partial charge on any atom is 0.235 e. The maximum atomic E-state index is 13.6. The van der Waals surface area contributed by atoms with Crippen LogP contribution in [0.3, 0.4) is 0 Å². The summed E-state index contributed by atoms with van der Waals surface area (Å²) in [4.78, 5) is 12.3. The predicted molar refractivity (Wildman–Crippen MR) is 98.2 cm³/mol. The lowest BCUT2D eigenvalue weighted by atomic mass is 10.2. The van der Waals surface area contributed by atoms with E-state index in [9.17, 15) is 9.18 Å². The molecular weight excluding hydrogens is 393 g/mol. The van der Waals surface area contributed by atoms with Gasteiger partial charge < -0.3 is 5.32 Å². The molecule has 1 amide bonds. The highest BCUT2D eigenvalue weighted by Crippen LogP contribution is 2.36. The van der Waals surface area contributed by atoms with Crippen molar-refractivity contribution in [3.8, 4) is 0 Å². The molecule has 1 saturated carbocycles. The van der Waals surface area contributed by atoms with E-state index in [0.717, 1.165) is 12.8 Å². The molecule has 8 nitrogen and oxygen atoms in total. The Bertz CT molecular complexity index is 971. The van der Waals surface area contributed by atoms with Crippen LogP contribution in [0.25, 0.3) is 0 Å². The molecule has 140 valence electrons. The summed E-state index contributed by atoms with van der Waals surface area (Å²) in [6.07, 6.45) is 3.70. The van der Waals surface area contributed by atoms with Crippen molar-refractivity contribution in [3.05, 3.63) is 46.9 Å². The molecule has 11 heteroatoms. The number of amides is 1. The Balaban J connectivity index is 1.36. The molecule has 1 aromatic carbocycles. The molecule has 2 aromatic heterocycles. The zero-order valence-electron chi connectivity index (χ0n) is 14.0. The summed E-state index contributed by atoms with van der Waals surface area (Å²) < 4.78 is 16.9. The number of hydrogen-bond acceptors (Lipinski definition) is 6. The van der Waals surface area contributed by atoms with Crippen LogP contribution in [0.1, 0.15) is 24.4 Å². The van der Waals surface area contributed by atoms with E-state index in [-0.39, 0.29) is 16.7 Å². The van der Waals surface area contributed by atoms with E-state index in [4.69, 9.17) is 11.6 Å². The van der Waals surface area contributed by atoms with Crippen molar-refractivity contribution >= 4 is 35.1 Å². The third-order valence-corrected chi connectivity index (χ3v) is 5.23. The van der Waals surface area contributed by atoms with Gasteiger partial charge in [-0.25, -0.2) is 13.8 Å². The number of halogens is 2. The van der Waals surface area contributed by atoms with Gasteiger partial charge in [-0.2, -0.15) is 5.10 Å². The van der Waals surface area contributed by atoms with Crippen LogP contribution in [-0.2, 0) is 11.3 Å². The van der Waals surface area contributed by atoms with Gasteiger partial charge in [-0.3, -0.25) is 4.79 Å². The molecule has 0 bridgehead atoms. The summed E-state index contributed by atoms with van der Waals surface area (Å²) in [6.45, 7) is 0.309. The standard InChI is InChI=1S/C16H15ClFN7OS/c17-12-4-1-10(7-13(12)18)8-24-14(5-6-19-24)20-15(26)9-27-16-21-22-23-25(16)11-2-3-11/h1,4-7,11H,2-3,8-9H2,(H,20,26). The average molecular weight is 408 g/mol. The van der Waals surface area contributed by atoms with Crippen LogP contribution >= 0.6 is 23.4 Å². The number of thioether (sulfide) groups is 1. The monoisotopic (exact) mass is 407 g/mol. The van der Waals surface area contributed by atoms with Crippen molar-refractivity contribution in [2.45, 2.75) is 30.6 Å². The van der Waals surface area contributed by atoms with Crippen molar-refractivity contribution < 1.29 is 9.18 Å². The van der Waals surface area contributed by atoms with E-state index in [1.54, 1.807) is 27.7 Å². The molecule has 27 heavy (non-hydrogen) atoms. The smallest absolute Gasteiger partial charge is 0.235 e. The van der Waals surface area contributed by atoms with Crippen LogP contribution in [0.15, 0.2) is 35.6 Å². The molecule has 0 atom stereocenters. The van der Waals surface area contributed by atoms with Gasteiger partial charge in [-0.1, -0.05) is 29.4 Å². The minimum absolute atomic E-state index is 0.0679. The van der Waals surface area contributed by atoms with Crippen LogP contribution in [0, 0.1) is 5.82 Å². The number of carbonyl (C=O) groups excluding carboxylic acids is 1. The molecular formula is C16H15ClFN7OS. The topological polar surface area (TPSA) is 90.5 Å². The van der Waals surface area contributed by atoms with E-state index < -0.39 is 5.82 Å². The Hall–Kier alpha value is -2.46. The number of nitrogens with one attached hydrogen (secondary N) is 1. The van der Waals surface area contributed by atoms with Crippen molar-refractivity contribution in [3.63, 3.8) is 0 Å². The summed E-state index contributed by atoms with van der Waals surface area (Å²) >= 11 is 6.99. The second-order valence-electron chi connectivity index (χ2n) is 6.10. The van der Waals surface area contributed by atoms with Crippen LogP contribution < -0.4 is 5.32 Å². The van der Waals surface area contributed by atoms with Gasteiger partial charge >= 0.3 is 0 Å². The highest BCUT2D eigenvalue weighted by molar-refractivity contribution is 7.99. The normalized spacial score (nSPS) is 13.7. The number of hydrogen-bond donors (Lipinski definition) is 1. The number of tetrazole rings is 1. The van der Waals surface area contributed by atoms with Crippen LogP contribution in [0.2, 0.25) is 5.02 Å². The fraction of sp³-hybridized carbons (Fsp3) is 0.312. The SMILES string of the molecule is O=C(CSc1nnnn1C1CC1)Nc1ccnn1Cc1ccc(Cl)c(F)c1. The maximum absolute atomic E-state index is 13.6. The van der Waals surface area contributed by atoms with E-state index >= 15 is 0 Å². The largest absolute Gasteiger partial charge is 0.310 e. The number of benzene rings is 1. The van der Waals surface area contributed by atoms with Gasteiger partial charge in [0.05, 0.1) is 29.6 Å². The second kappa shape index (κ2) is 7.65. The van der Waals surface area contributed by atoms with Gasteiger partial charge in [0.2, 0.25) is 11.1 Å². The van der Waals surface area contributed by atoms with Gasteiger partial charge in [-0.15, -0.1) is 5.10 Å². The average Bonchev–Trinajstić information content (AvgIpc) is 3.23. The lowest BCUT2D eigenvalue weighted by Crippen LogP contribution is -2.18. The summed E-state index contributed by atoms with van der Waals surface area (Å²) in [5, 5.41) is 19.3. The highest BCUT2D eigenvalue weighted by Gasteiger charge is 2.28. The summed E-state index contributed by atoms with van der Waals surface area (Å²) in [7, 11) is 0. The zero-order valence-corrected chi connectivity index (χ0v) is 15.6. The minimum atomic E-state index is -0.489. The molecule has 1 fully saturated rings. The Kier molecular flexibility index (Phi) is 5.08. The third kappa shape index (κ3) is 4.28. The second-order valence-corrected chi connectivity index (χ2v) is 7.45. The molecule has 0 spiro atoms. The lowest BCUT2D eigenvalue weighted by Gasteiger charge is -2.09. The first-order chi connectivity index (χ1) is 13.1. The van der Waals surface area contributed by atoms with E-state index in [1.807, 2.05) is 0 Å². The third-order valence-electron chi connectivity index (χ3n) is 3.99. The van der Waals surface area contributed by atoms with Crippen molar-refractivity contribution in [2.24, 2.45) is 0 Å². The fourth-order valence-corrected chi connectivity index (χ4v) is 3.38. The molecule has 1 N–H and O–H groups in total. The summed E-state index contributed by atoms with van der Waals surface area (Å²) in [5.74, 6) is 0.0113. The van der Waals surface area contributed by atoms with Crippen molar-refractivity contribution in [1.82, 2.24) is 30.0 Å². The number of carbonyl (C=O) groups is 1. The molecule has 1 aliphatic rings. The number of aromatic nitrogens is 6. The Morgan fingerprint density at radius 1 is 1.37 bits per heavy atom. The van der Waals surface area contributed by atoms with Gasteiger partial charge in [-0.05, 0) is 41.0 Å². The van der Waals surface area contributed by atoms with Crippen LogP contribution in [0.4, 0.5) is 10.2 Å². The van der Waals surface area contributed by atoms with Crippen molar-refractivity contribution in [1.29, 1.82) is 0 Å². The van der Waals surface area contributed by atoms with Gasteiger partial charge in [0.25, 0.3) is 0 Å². The van der Waals surface area contributed by atoms with Crippen LogP contribution in [-0.4, -0.2) is 41.6 Å². The van der Waals surface area contributed by atoms with E-state index in [0.29, 0.717) is 29.1 Å². The van der Waals surface area contributed by atoms with E-state index in [1.165, 1.54) is 23.9 Å². The minimum Gasteiger partial charge on any atom is -0.310 e. The van der Waals surface area contributed by atoms with Crippen molar-refractivity contribution in [2.75, 3.05) is 11.1 Å². The van der Waals surface area contributed by atoms with Gasteiger partial charge in [0, 0.05) is 6.07 Å². The fourth-order valence-electron chi connectivity index (χ4n) is 2.51. The Labute approximate surface area is 163 Å². The Morgan fingerprint density at radius 3 is 3.00 bits per heavy atom. The summed E-state index contributed by atoms with van der Waals surface area (Å²) in [5.41, 5.74) is 0.689. The number of anilines is 1. The molecule has 0 unspecified atom stereocenters. The first kappa shape index (κ1) is 17.9. The Morgan fingerprint density at radius 2 is 2.22 bits per heavy atom. The number of rotatable bonds is 7. The lowest BCUT2D eigenvalue weighted by molar-refractivity contribution is -0.113. The zero-order chi connectivity index (χ0) is 18.8. The molecule has 0 radical (unpaired) electrons. The van der Waals surface area contributed by atoms with E-state index in [2.05, 4.69) is 25.9 Å². The quantitative estimate of drug-likeness (QED) is 0.605. The number of nitrogens with zero attached hydrogens (tertiary/aromatic N) is 6. The van der Waals surface area contributed by atoms with Gasteiger partial charge in [0.15, 0.2) is 0 Å². The molecule has 0 aliphatic heterocycles. The molecule has 1 aliphatic carbocycles.